The number of halogens is 1. The Morgan fingerprint density at radius 1 is 1.09 bits per heavy atom. The number of para-hydroxylation sites is 2. The van der Waals surface area contributed by atoms with E-state index in [1.165, 1.54) is 4.83 Å². The van der Waals surface area contributed by atoms with Gasteiger partial charge in [-0.2, -0.15) is 9.97 Å². The van der Waals surface area contributed by atoms with Crippen molar-refractivity contribution in [3.05, 3.63) is 47.6 Å². The van der Waals surface area contributed by atoms with E-state index < -0.39 is 8.07 Å². The number of nitrogens with one attached hydrogen (secondary N) is 3. The lowest BCUT2D eigenvalue weighted by molar-refractivity contribution is 0.00628. The van der Waals surface area contributed by atoms with E-state index in [1.54, 1.807) is 13.3 Å². The van der Waals surface area contributed by atoms with Crippen LogP contribution in [-0.4, -0.2) is 97.0 Å². The van der Waals surface area contributed by atoms with Gasteiger partial charge in [-0.25, -0.2) is 4.83 Å². The smallest absolute Gasteiger partial charge is 0.231 e. The largest absolute Gasteiger partial charge is 0.494 e. The van der Waals surface area contributed by atoms with Gasteiger partial charge in [0, 0.05) is 52.1 Å². The van der Waals surface area contributed by atoms with Crippen molar-refractivity contribution in [1.82, 2.24) is 19.9 Å². The normalized spacial score (nSPS) is 20.0. The van der Waals surface area contributed by atoms with E-state index in [-0.39, 0.29) is 0 Å². The molecule has 5 heterocycles. The summed E-state index contributed by atoms with van der Waals surface area (Å²) in [6, 6.07) is 12.4. The molecule has 2 aromatic carbocycles. The first-order valence-electron chi connectivity index (χ1n) is 15.2. The number of morpholine rings is 1. The van der Waals surface area contributed by atoms with Gasteiger partial charge in [0.15, 0.2) is 0 Å². The molecule has 12 nitrogen and oxygen atoms in total. The molecule has 2 saturated heterocycles. The van der Waals surface area contributed by atoms with E-state index in [0.717, 1.165) is 57.1 Å². The minimum Gasteiger partial charge on any atom is -0.494 e. The van der Waals surface area contributed by atoms with Crippen molar-refractivity contribution in [2.45, 2.75) is 24.9 Å². The van der Waals surface area contributed by atoms with Gasteiger partial charge in [0.1, 0.15) is 29.6 Å². The number of H-pyrrole nitrogens is 1. The SMILES string of the molecule is COc1cc2c(cc1Nc1nc(Nc3ccccc3N(O)P(C)C)c3c(Cl)c[nH]c3n1)OC[C@H]1CC(N3CCOCC3)CCN21. The summed E-state index contributed by atoms with van der Waals surface area (Å²) in [5, 5.41) is 18.6. The summed E-state index contributed by atoms with van der Waals surface area (Å²) in [6.07, 6.45) is 3.86. The minimum absolute atomic E-state index is 0.314. The summed E-state index contributed by atoms with van der Waals surface area (Å²) in [5.41, 5.74) is 3.62. The molecule has 0 amide bonds. The number of aromatic amines is 1. The average molecular weight is 653 g/mol. The predicted molar refractivity (Wildman–Crippen MR) is 180 cm³/mol. The third-order valence-corrected chi connectivity index (χ3v) is 10.0. The van der Waals surface area contributed by atoms with Crippen LogP contribution in [0.4, 0.5) is 34.5 Å². The van der Waals surface area contributed by atoms with Crippen molar-refractivity contribution in [2.75, 3.05) is 80.3 Å². The first kappa shape index (κ1) is 30.1. The van der Waals surface area contributed by atoms with Gasteiger partial charge in [0.05, 0.1) is 59.5 Å². The highest BCUT2D eigenvalue weighted by Gasteiger charge is 2.37. The van der Waals surface area contributed by atoms with Crippen LogP contribution in [0.25, 0.3) is 11.0 Å². The van der Waals surface area contributed by atoms with Gasteiger partial charge in [0.2, 0.25) is 5.95 Å². The van der Waals surface area contributed by atoms with Gasteiger partial charge < -0.3 is 34.7 Å². The van der Waals surface area contributed by atoms with Gasteiger partial charge in [-0.3, -0.25) is 10.1 Å². The molecule has 2 aromatic heterocycles. The van der Waals surface area contributed by atoms with Crippen LogP contribution in [0.15, 0.2) is 42.6 Å². The van der Waals surface area contributed by atoms with Crippen LogP contribution in [0, 0.1) is 0 Å². The van der Waals surface area contributed by atoms with Crippen LogP contribution in [0.2, 0.25) is 5.02 Å². The number of piperidine rings is 1. The highest BCUT2D eigenvalue weighted by molar-refractivity contribution is 7.57. The molecule has 3 aliphatic rings. The Bertz CT molecular complexity index is 1680. The number of anilines is 6. The van der Waals surface area contributed by atoms with E-state index in [2.05, 4.69) is 25.4 Å². The summed E-state index contributed by atoms with van der Waals surface area (Å²) < 4.78 is 17.8. The van der Waals surface area contributed by atoms with E-state index in [9.17, 15) is 5.21 Å². The third kappa shape index (κ3) is 5.93. The fourth-order valence-corrected chi connectivity index (χ4v) is 7.32. The second-order valence-electron chi connectivity index (χ2n) is 11.7. The Morgan fingerprint density at radius 3 is 2.71 bits per heavy atom. The maximum absolute atomic E-state index is 10.7. The summed E-state index contributed by atoms with van der Waals surface area (Å²) in [4.78, 5) is 19.0. The molecule has 3 aliphatic heterocycles. The lowest BCUT2D eigenvalue weighted by Crippen LogP contribution is -2.55. The monoisotopic (exact) mass is 652 g/mol. The second kappa shape index (κ2) is 12.7. The molecule has 4 N–H and O–H groups in total. The molecule has 45 heavy (non-hydrogen) atoms. The lowest BCUT2D eigenvalue weighted by atomic mass is 9.94. The molecule has 4 aromatic rings. The fourth-order valence-electron chi connectivity index (χ4n) is 6.48. The highest BCUT2D eigenvalue weighted by Crippen LogP contribution is 2.45. The molecule has 0 spiro atoms. The number of fused-ring (bicyclic) bond motifs is 4. The zero-order valence-corrected chi connectivity index (χ0v) is 27.2. The Kier molecular flexibility index (Phi) is 8.50. The lowest BCUT2D eigenvalue weighted by Gasteiger charge is -2.47. The zero-order valence-electron chi connectivity index (χ0n) is 25.6. The van der Waals surface area contributed by atoms with Gasteiger partial charge in [-0.05, 0) is 38.3 Å². The van der Waals surface area contributed by atoms with Crippen LogP contribution in [0.5, 0.6) is 11.5 Å². The number of rotatable bonds is 8. The summed E-state index contributed by atoms with van der Waals surface area (Å²) in [7, 11) is 0.876. The minimum atomic E-state index is -0.785. The number of nitrogens with zero attached hydrogens (tertiary/aromatic N) is 5. The second-order valence-corrected chi connectivity index (χ2v) is 14.1. The van der Waals surface area contributed by atoms with Crippen LogP contribution in [-0.2, 0) is 4.74 Å². The molecular formula is C31H38ClN8O4P. The maximum Gasteiger partial charge on any atom is 0.231 e. The first-order chi connectivity index (χ1) is 21.9. The Morgan fingerprint density at radius 2 is 1.91 bits per heavy atom. The van der Waals surface area contributed by atoms with Gasteiger partial charge >= 0.3 is 0 Å². The predicted octanol–water partition coefficient (Wildman–Crippen LogP) is 6.02. The zero-order chi connectivity index (χ0) is 31.1. The van der Waals surface area contributed by atoms with Crippen LogP contribution >= 0.6 is 19.7 Å². The molecule has 2 atom stereocenters. The van der Waals surface area contributed by atoms with E-state index in [0.29, 0.717) is 69.3 Å². The highest BCUT2D eigenvalue weighted by atomic mass is 35.5. The van der Waals surface area contributed by atoms with Crippen LogP contribution in [0.1, 0.15) is 12.8 Å². The Balaban J connectivity index is 1.17. The molecule has 0 bridgehead atoms. The standard InChI is InChI=1S/C31H38ClN8O4P/c1-42-26-16-25-27(44-18-20-14-19(8-9-39(20)25)38-10-12-43-13-11-38)15-23(26)35-31-36-29-28(21(32)17-33-29)30(37-31)34-22-6-4-5-7-24(22)40(41)45(2)3/h4-7,15-17,19-20,41H,8-14,18H2,1-3H3,(H3,33,34,35,36,37)/t19?,20-/m1/s1. The average Bonchev–Trinajstić information content (AvgIpc) is 3.44. The quantitative estimate of drug-likeness (QED) is 0.132. The fraction of sp³-hybridized carbons (Fsp3) is 0.419. The molecule has 0 saturated carbocycles. The number of ether oxygens (including phenoxy) is 3. The molecule has 0 aliphatic carbocycles. The van der Waals surface area contributed by atoms with Crippen molar-refractivity contribution in [3.63, 3.8) is 0 Å². The number of methoxy groups -OCH3 is 1. The van der Waals surface area contributed by atoms with Crippen molar-refractivity contribution >= 4 is 65.2 Å². The third-order valence-electron chi connectivity index (χ3n) is 8.75. The van der Waals surface area contributed by atoms with Crippen LogP contribution < -0.4 is 29.8 Å². The number of aromatic nitrogens is 3. The van der Waals surface area contributed by atoms with Crippen molar-refractivity contribution in [1.29, 1.82) is 0 Å². The Labute approximate surface area is 268 Å². The van der Waals surface area contributed by atoms with E-state index >= 15 is 0 Å². The van der Waals surface area contributed by atoms with Crippen molar-refractivity contribution < 1.29 is 19.4 Å². The number of hydrogen-bond acceptors (Lipinski definition) is 11. The first-order valence-corrected chi connectivity index (χ1v) is 17.7. The Hall–Kier alpha value is -3.54. The van der Waals surface area contributed by atoms with Gasteiger partial charge in [-0.15, -0.1) is 0 Å². The summed E-state index contributed by atoms with van der Waals surface area (Å²) in [6.45, 7) is 9.19. The van der Waals surface area contributed by atoms with Crippen molar-refractivity contribution in [3.8, 4) is 11.5 Å². The molecular weight excluding hydrogens is 615 g/mol. The van der Waals surface area contributed by atoms with Crippen molar-refractivity contribution in [2.24, 2.45) is 0 Å². The van der Waals surface area contributed by atoms with E-state index in [1.807, 2.05) is 49.7 Å². The number of benzene rings is 2. The molecule has 238 valence electrons. The molecule has 14 heteroatoms. The molecule has 0 radical (unpaired) electrons. The molecule has 2 fully saturated rings. The molecule has 1 unspecified atom stereocenters. The van der Waals surface area contributed by atoms with E-state index in [4.69, 9.17) is 35.8 Å². The summed E-state index contributed by atoms with van der Waals surface area (Å²) in [5.74, 6) is 2.30. The summed E-state index contributed by atoms with van der Waals surface area (Å²) >= 11 is 6.57. The number of hydrogen-bond donors (Lipinski definition) is 4. The van der Waals surface area contributed by atoms with Gasteiger partial charge in [-0.1, -0.05) is 23.7 Å². The van der Waals surface area contributed by atoms with Crippen LogP contribution in [0.3, 0.4) is 0 Å². The molecule has 7 rings (SSSR count). The topological polar surface area (TPSA) is 123 Å². The van der Waals surface area contributed by atoms with Gasteiger partial charge in [0.25, 0.3) is 0 Å². The maximum atomic E-state index is 10.7.